The number of ketones is 1. The van der Waals surface area contributed by atoms with Crippen LogP contribution in [0.3, 0.4) is 0 Å². The Bertz CT molecular complexity index is 568. The molecule has 1 heterocycles. The van der Waals surface area contributed by atoms with E-state index in [-0.39, 0.29) is 11.5 Å². The predicted octanol–water partition coefficient (Wildman–Crippen LogP) is 2.40. The van der Waals surface area contributed by atoms with Crippen LogP contribution in [0.15, 0.2) is 24.3 Å². The van der Waals surface area contributed by atoms with Crippen LogP contribution in [0.1, 0.15) is 28.7 Å². The molecular weight excluding hydrogens is 216 g/mol. The molecular formula is C13H14N2O2. The SMILES string of the molecule is CC(=O)c1c(C)nn(-c2ccc(O)cc2)c1C. The lowest BCUT2D eigenvalue weighted by molar-refractivity contribution is 0.101. The second-order valence-electron chi connectivity index (χ2n) is 4.03. The maximum absolute atomic E-state index is 11.5. The summed E-state index contributed by atoms with van der Waals surface area (Å²) in [6.45, 7) is 5.22. The largest absolute Gasteiger partial charge is 0.508 e. The number of aromatic nitrogens is 2. The lowest BCUT2D eigenvalue weighted by Gasteiger charge is -2.04. The summed E-state index contributed by atoms with van der Waals surface area (Å²) in [5.74, 6) is 0.229. The number of nitrogens with zero attached hydrogens (tertiary/aromatic N) is 2. The molecule has 1 aromatic heterocycles. The fourth-order valence-corrected chi connectivity index (χ4v) is 2.00. The Labute approximate surface area is 99.5 Å². The number of Topliss-reactive ketones (excluding diaryl/α,β-unsaturated/α-hetero) is 1. The fraction of sp³-hybridized carbons (Fsp3) is 0.231. The van der Waals surface area contributed by atoms with Crippen LogP contribution in [0.5, 0.6) is 5.75 Å². The van der Waals surface area contributed by atoms with E-state index in [1.807, 2.05) is 13.8 Å². The van der Waals surface area contributed by atoms with Gasteiger partial charge in [-0.05, 0) is 45.0 Å². The van der Waals surface area contributed by atoms with E-state index in [0.717, 1.165) is 17.1 Å². The molecule has 0 aliphatic rings. The van der Waals surface area contributed by atoms with Crippen molar-refractivity contribution in [2.45, 2.75) is 20.8 Å². The van der Waals surface area contributed by atoms with Gasteiger partial charge in [0.2, 0.25) is 0 Å². The van der Waals surface area contributed by atoms with Crippen molar-refractivity contribution in [2.75, 3.05) is 0 Å². The molecule has 0 saturated heterocycles. The van der Waals surface area contributed by atoms with Crippen LogP contribution in [0.2, 0.25) is 0 Å². The third kappa shape index (κ3) is 1.93. The van der Waals surface area contributed by atoms with Crippen LogP contribution in [-0.2, 0) is 0 Å². The standard InChI is InChI=1S/C13H14N2O2/c1-8-13(10(3)16)9(2)15(14-8)11-4-6-12(17)7-5-11/h4-7,17H,1-3H3. The number of benzene rings is 1. The van der Waals surface area contributed by atoms with Gasteiger partial charge in [-0.3, -0.25) is 4.79 Å². The number of phenols is 1. The molecule has 4 heteroatoms. The molecule has 0 aliphatic carbocycles. The highest BCUT2D eigenvalue weighted by atomic mass is 16.3. The molecule has 17 heavy (non-hydrogen) atoms. The minimum absolute atomic E-state index is 0.0185. The van der Waals surface area contributed by atoms with Crippen LogP contribution < -0.4 is 0 Å². The lowest BCUT2D eigenvalue weighted by Crippen LogP contribution is -2.00. The zero-order chi connectivity index (χ0) is 12.6. The van der Waals surface area contributed by atoms with E-state index in [0.29, 0.717) is 5.56 Å². The second kappa shape index (κ2) is 4.05. The van der Waals surface area contributed by atoms with E-state index in [2.05, 4.69) is 5.10 Å². The van der Waals surface area contributed by atoms with Crippen molar-refractivity contribution < 1.29 is 9.90 Å². The van der Waals surface area contributed by atoms with Gasteiger partial charge < -0.3 is 5.11 Å². The Balaban J connectivity index is 2.57. The number of phenolic OH excluding ortho intramolecular Hbond substituents is 1. The number of carbonyl (C=O) groups is 1. The van der Waals surface area contributed by atoms with Crippen LogP contribution in [0.4, 0.5) is 0 Å². The topological polar surface area (TPSA) is 55.1 Å². The minimum Gasteiger partial charge on any atom is -0.508 e. The molecule has 1 aromatic carbocycles. The summed E-state index contributed by atoms with van der Waals surface area (Å²) in [4.78, 5) is 11.5. The van der Waals surface area contributed by atoms with Gasteiger partial charge in [0.1, 0.15) is 5.75 Å². The summed E-state index contributed by atoms with van der Waals surface area (Å²) in [6.07, 6.45) is 0. The molecule has 0 spiro atoms. The number of hydrogen-bond acceptors (Lipinski definition) is 3. The molecule has 0 unspecified atom stereocenters. The molecule has 0 radical (unpaired) electrons. The monoisotopic (exact) mass is 230 g/mol. The first kappa shape index (κ1) is 11.4. The third-order valence-electron chi connectivity index (χ3n) is 2.74. The summed E-state index contributed by atoms with van der Waals surface area (Å²) in [5.41, 5.74) is 3.04. The predicted molar refractivity (Wildman–Crippen MR) is 64.7 cm³/mol. The number of carbonyl (C=O) groups excluding carboxylic acids is 1. The summed E-state index contributed by atoms with van der Waals surface area (Å²) in [6, 6.07) is 6.72. The Kier molecular flexibility index (Phi) is 2.71. The first-order valence-electron chi connectivity index (χ1n) is 5.37. The van der Waals surface area contributed by atoms with Gasteiger partial charge >= 0.3 is 0 Å². The number of aryl methyl sites for hydroxylation is 1. The number of rotatable bonds is 2. The van der Waals surface area contributed by atoms with Gasteiger partial charge in [-0.15, -0.1) is 0 Å². The van der Waals surface area contributed by atoms with Crippen molar-refractivity contribution in [3.05, 3.63) is 41.2 Å². The number of aromatic hydroxyl groups is 1. The molecule has 88 valence electrons. The van der Waals surface area contributed by atoms with Gasteiger partial charge in [0.25, 0.3) is 0 Å². The first-order chi connectivity index (χ1) is 8.00. The Morgan fingerprint density at radius 1 is 1.24 bits per heavy atom. The van der Waals surface area contributed by atoms with Crippen LogP contribution in [0.25, 0.3) is 5.69 Å². The maximum atomic E-state index is 11.5. The zero-order valence-electron chi connectivity index (χ0n) is 10.1. The summed E-state index contributed by atoms with van der Waals surface area (Å²) in [7, 11) is 0. The molecule has 0 saturated carbocycles. The van der Waals surface area contributed by atoms with E-state index in [9.17, 15) is 9.90 Å². The molecule has 0 aliphatic heterocycles. The molecule has 1 N–H and O–H groups in total. The molecule has 2 rings (SSSR count). The average molecular weight is 230 g/mol. The highest BCUT2D eigenvalue weighted by Crippen LogP contribution is 2.19. The highest BCUT2D eigenvalue weighted by Gasteiger charge is 2.15. The highest BCUT2D eigenvalue weighted by molar-refractivity contribution is 5.96. The van der Waals surface area contributed by atoms with Crippen molar-refractivity contribution in [3.63, 3.8) is 0 Å². The fourth-order valence-electron chi connectivity index (χ4n) is 2.00. The normalized spacial score (nSPS) is 10.5. The molecule has 0 amide bonds. The van der Waals surface area contributed by atoms with Crippen LogP contribution >= 0.6 is 0 Å². The maximum Gasteiger partial charge on any atom is 0.163 e. The van der Waals surface area contributed by atoms with E-state index >= 15 is 0 Å². The van der Waals surface area contributed by atoms with Gasteiger partial charge in [0.05, 0.1) is 22.6 Å². The van der Waals surface area contributed by atoms with Gasteiger partial charge in [-0.1, -0.05) is 0 Å². The second-order valence-corrected chi connectivity index (χ2v) is 4.03. The first-order valence-corrected chi connectivity index (χ1v) is 5.37. The molecule has 0 fully saturated rings. The van der Waals surface area contributed by atoms with Crippen molar-refractivity contribution in [3.8, 4) is 11.4 Å². The Hall–Kier alpha value is -2.10. The van der Waals surface area contributed by atoms with Crippen LogP contribution in [0, 0.1) is 13.8 Å². The molecule has 0 atom stereocenters. The lowest BCUT2D eigenvalue weighted by atomic mass is 10.1. The molecule has 4 nitrogen and oxygen atoms in total. The van der Waals surface area contributed by atoms with Crippen LogP contribution in [-0.4, -0.2) is 20.7 Å². The van der Waals surface area contributed by atoms with Gasteiger partial charge in [0.15, 0.2) is 5.78 Å². The molecule has 0 bridgehead atoms. The van der Waals surface area contributed by atoms with E-state index < -0.39 is 0 Å². The quantitative estimate of drug-likeness (QED) is 0.806. The summed E-state index contributed by atoms with van der Waals surface area (Å²) in [5, 5.41) is 13.6. The van der Waals surface area contributed by atoms with E-state index in [1.165, 1.54) is 6.92 Å². The van der Waals surface area contributed by atoms with Crippen molar-refractivity contribution in [2.24, 2.45) is 0 Å². The smallest absolute Gasteiger partial charge is 0.163 e. The van der Waals surface area contributed by atoms with Crippen molar-refractivity contribution in [1.29, 1.82) is 0 Å². The zero-order valence-corrected chi connectivity index (χ0v) is 10.1. The van der Waals surface area contributed by atoms with Crippen molar-refractivity contribution >= 4 is 5.78 Å². The molecule has 2 aromatic rings. The Morgan fingerprint density at radius 2 is 1.82 bits per heavy atom. The van der Waals surface area contributed by atoms with Gasteiger partial charge in [-0.25, -0.2) is 4.68 Å². The van der Waals surface area contributed by atoms with E-state index in [4.69, 9.17) is 0 Å². The number of hydrogen-bond donors (Lipinski definition) is 1. The van der Waals surface area contributed by atoms with Gasteiger partial charge in [0, 0.05) is 0 Å². The Morgan fingerprint density at radius 3 is 2.29 bits per heavy atom. The minimum atomic E-state index is 0.0185. The van der Waals surface area contributed by atoms with Crippen molar-refractivity contribution in [1.82, 2.24) is 9.78 Å². The third-order valence-corrected chi connectivity index (χ3v) is 2.74. The summed E-state index contributed by atoms with van der Waals surface area (Å²) >= 11 is 0. The van der Waals surface area contributed by atoms with E-state index in [1.54, 1.807) is 28.9 Å². The van der Waals surface area contributed by atoms with Gasteiger partial charge in [-0.2, -0.15) is 5.10 Å². The average Bonchev–Trinajstić information content (AvgIpc) is 2.55. The summed E-state index contributed by atoms with van der Waals surface area (Å²) < 4.78 is 1.71.